The molecule has 2 aromatic heterocycles. The molecule has 0 spiro atoms. The highest BCUT2D eigenvalue weighted by atomic mass is 15.2. The first-order chi connectivity index (χ1) is 8.42. The lowest BCUT2D eigenvalue weighted by Gasteiger charge is -2.18. The zero-order valence-corrected chi connectivity index (χ0v) is 9.63. The monoisotopic (exact) mass is 229 g/mol. The summed E-state index contributed by atoms with van der Waals surface area (Å²) in [5, 5.41) is 8.01. The summed E-state index contributed by atoms with van der Waals surface area (Å²) in [5.74, 6) is 2.82. The summed E-state index contributed by atoms with van der Waals surface area (Å²) < 4.78 is 0. The largest absolute Gasteiger partial charge is 0.355 e. The van der Waals surface area contributed by atoms with Gasteiger partial charge < -0.3 is 4.90 Å². The molecule has 3 heterocycles. The molecule has 5 nitrogen and oxygen atoms in total. The summed E-state index contributed by atoms with van der Waals surface area (Å²) in [6.07, 6.45) is 7.65. The van der Waals surface area contributed by atoms with Gasteiger partial charge in [-0.15, -0.1) is 0 Å². The second-order valence-corrected chi connectivity index (χ2v) is 5.19. The van der Waals surface area contributed by atoms with Crippen LogP contribution in [0.5, 0.6) is 0 Å². The minimum atomic E-state index is 0.840. The average molecular weight is 229 g/mol. The van der Waals surface area contributed by atoms with E-state index in [1.54, 1.807) is 6.33 Å². The number of nitrogens with zero attached hydrogens (tertiary/aromatic N) is 4. The molecule has 0 amide bonds. The SMILES string of the molecule is c1nc(N2C[C@@H]3CCC[C@H]3C2)c2cn[nH]c2n1. The van der Waals surface area contributed by atoms with Gasteiger partial charge in [0.1, 0.15) is 12.1 Å². The van der Waals surface area contributed by atoms with Crippen LogP contribution in [0.4, 0.5) is 5.82 Å². The molecule has 1 N–H and O–H groups in total. The molecule has 1 aliphatic heterocycles. The predicted octanol–water partition coefficient (Wildman–Crippen LogP) is 1.59. The van der Waals surface area contributed by atoms with Crippen molar-refractivity contribution in [2.24, 2.45) is 11.8 Å². The normalized spacial score (nSPS) is 27.9. The number of nitrogens with one attached hydrogen (secondary N) is 1. The van der Waals surface area contributed by atoms with Crippen molar-refractivity contribution in [1.29, 1.82) is 0 Å². The lowest BCUT2D eigenvalue weighted by molar-refractivity contribution is 0.494. The summed E-state index contributed by atoms with van der Waals surface area (Å²) in [6, 6.07) is 0. The topological polar surface area (TPSA) is 57.7 Å². The lowest BCUT2D eigenvalue weighted by atomic mass is 10.0. The van der Waals surface area contributed by atoms with Gasteiger partial charge in [0.05, 0.1) is 11.6 Å². The second kappa shape index (κ2) is 3.42. The number of rotatable bonds is 1. The molecule has 17 heavy (non-hydrogen) atoms. The van der Waals surface area contributed by atoms with Crippen LogP contribution in [0.1, 0.15) is 19.3 Å². The average Bonchev–Trinajstić information content (AvgIpc) is 3.02. The fraction of sp³-hybridized carbons (Fsp3) is 0.583. The predicted molar refractivity (Wildman–Crippen MR) is 64.7 cm³/mol. The van der Waals surface area contributed by atoms with E-state index in [-0.39, 0.29) is 0 Å². The third-order valence-corrected chi connectivity index (χ3v) is 4.25. The van der Waals surface area contributed by atoms with E-state index in [1.165, 1.54) is 19.3 Å². The summed E-state index contributed by atoms with van der Waals surface area (Å²) in [7, 11) is 0. The Bertz CT molecular complexity index is 537. The Hall–Kier alpha value is -1.65. The van der Waals surface area contributed by atoms with Crippen LogP contribution in [0, 0.1) is 11.8 Å². The molecule has 1 saturated carbocycles. The summed E-state index contributed by atoms with van der Waals surface area (Å²) in [4.78, 5) is 11.0. The van der Waals surface area contributed by atoms with E-state index >= 15 is 0 Å². The van der Waals surface area contributed by atoms with Crippen molar-refractivity contribution in [1.82, 2.24) is 20.2 Å². The summed E-state index contributed by atoms with van der Waals surface area (Å²) in [6.45, 7) is 2.31. The number of hydrogen-bond acceptors (Lipinski definition) is 4. The van der Waals surface area contributed by atoms with Crippen molar-refractivity contribution in [3.8, 4) is 0 Å². The maximum atomic E-state index is 4.44. The van der Waals surface area contributed by atoms with Crippen molar-refractivity contribution >= 4 is 16.9 Å². The van der Waals surface area contributed by atoms with Gasteiger partial charge in [-0.05, 0) is 24.7 Å². The first-order valence-corrected chi connectivity index (χ1v) is 6.31. The molecule has 5 heteroatoms. The molecule has 0 unspecified atom stereocenters. The minimum absolute atomic E-state index is 0.840. The van der Waals surface area contributed by atoms with Gasteiger partial charge in [-0.3, -0.25) is 5.10 Å². The molecule has 2 fully saturated rings. The third kappa shape index (κ3) is 1.34. The number of fused-ring (bicyclic) bond motifs is 2. The van der Waals surface area contributed by atoms with Gasteiger partial charge in [0.2, 0.25) is 0 Å². The molecule has 4 rings (SSSR count). The van der Waals surface area contributed by atoms with E-state index in [0.29, 0.717) is 0 Å². The Balaban J connectivity index is 1.73. The molecule has 0 radical (unpaired) electrons. The van der Waals surface area contributed by atoms with Crippen molar-refractivity contribution in [2.45, 2.75) is 19.3 Å². The Kier molecular flexibility index (Phi) is 1.89. The van der Waals surface area contributed by atoms with Crippen molar-refractivity contribution in [2.75, 3.05) is 18.0 Å². The molecule has 2 aromatic rings. The van der Waals surface area contributed by atoms with E-state index in [2.05, 4.69) is 25.1 Å². The quantitative estimate of drug-likeness (QED) is 0.806. The standard InChI is InChI=1S/C12H15N5/c1-2-8-5-17(6-9(8)3-1)12-10-4-15-16-11(10)13-7-14-12/h4,7-9H,1-3,5-6H2,(H,13,14,15,16)/t8-,9-/m0/s1. The smallest absolute Gasteiger partial charge is 0.160 e. The van der Waals surface area contributed by atoms with Gasteiger partial charge in [-0.25, -0.2) is 9.97 Å². The van der Waals surface area contributed by atoms with E-state index < -0.39 is 0 Å². The van der Waals surface area contributed by atoms with E-state index in [9.17, 15) is 0 Å². The molecule has 88 valence electrons. The number of anilines is 1. The Morgan fingerprint density at radius 3 is 2.82 bits per heavy atom. The Morgan fingerprint density at radius 2 is 2.00 bits per heavy atom. The molecule has 1 aliphatic carbocycles. The maximum absolute atomic E-state index is 4.44. The fourth-order valence-electron chi connectivity index (χ4n) is 3.41. The van der Waals surface area contributed by atoms with Crippen LogP contribution < -0.4 is 4.90 Å². The van der Waals surface area contributed by atoms with Crippen LogP contribution in [0.2, 0.25) is 0 Å². The molecule has 1 saturated heterocycles. The van der Waals surface area contributed by atoms with Crippen LogP contribution in [0.25, 0.3) is 11.0 Å². The zero-order chi connectivity index (χ0) is 11.2. The number of H-pyrrole nitrogens is 1. The Morgan fingerprint density at radius 1 is 1.18 bits per heavy atom. The molecule has 0 aromatic carbocycles. The van der Waals surface area contributed by atoms with Gasteiger partial charge in [0, 0.05) is 13.1 Å². The summed E-state index contributed by atoms with van der Waals surface area (Å²) in [5.41, 5.74) is 0.840. The molecule has 2 atom stereocenters. The summed E-state index contributed by atoms with van der Waals surface area (Å²) >= 11 is 0. The minimum Gasteiger partial charge on any atom is -0.355 e. The Labute approximate surface area is 99.3 Å². The van der Waals surface area contributed by atoms with Crippen LogP contribution in [0.3, 0.4) is 0 Å². The highest BCUT2D eigenvalue weighted by molar-refractivity contribution is 5.86. The second-order valence-electron chi connectivity index (χ2n) is 5.19. The van der Waals surface area contributed by atoms with Gasteiger partial charge in [0.25, 0.3) is 0 Å². The van der Waals surface area contributed by atoms with Gasteiger partial charge in [-0.1, -0.05) is 6.42 Å². The maximum Gasteiger partial charge on any atom is 0.160 e. The van der Waals surface area contributed by atoms with Crippen molar-refractivity contribution < 1.29 is 0 Å². The van der Waals surface area contributed by atoms with Crippen LogP contribution in [-0.2, 0) is 0 Å². The first kappa shape index (κ1) is 9.39. The fourth-order valence-corrected chi connectivity index (χ4v) is 3.41. The highest BCUT2D eigenvalue weighted by Gasteiger charge is 2.37. The molecule has 2 aliphatic rings. The van der Waals surface area contributed by atoms with Crippen LogP contribution in [0.15, 0.2) is 12.5 Å². The van der Waals surface area contributed by atoms with Crippen LogP contribution in [-0.4, -0.2) is 33.3 Å². The lowest BCUT2D eigenvalue weighted by Crippen LogP contribution is -2.22. The third-order valence-electron chi connectivity index (χ3n) is 4.25. The van der Waals surface area contributed by atoms with E-state index in [4.69, 9.17) is 0 Å². The number of aromatic nitrogens is 4. The van der Waals surface area contributed by atoms with Gasteiger partial charge in [0.15, 0.2) is 5.65 Å². The van der Waals surface area contributed by atoms with Crippen molar-refractivity contribution in [3.63, 3.8) is 0 Å². The molecule has 0 bridgehead atoms. The van der Waals surface area contributed by atoms with Crippen molar-refractivity contribution in [3.05, 3.63) is 12.5 Å². The first-order valence-electron chi connectivity index (χ1n) is 6.31. The van der Waals surface area contributed by atoms with E-state index in [0.717, 1.165) is 41.8 Å². The highest BCUT2D eigenvalue weighted by Crippen LogP contribution is 2.40. The number of hydrogen-bond donors (Lipinski definition) is 1. The van der Waals surface area contributed by atoms with Gasteiger partial charge in [-0.2, -0.15) is 5.10 Å². The van der Waals surface area contributed by atoms with Gasteiger partial charge >= 0.3 is 0 Å². The zero-order valence-electron chi connectivity index (χ0n) is 9.63. The van der Waals surface area contributed by atoms with E-state index in [1.807, 2.05) is 6.20 Å². The van der Waals surface area contributed by atoms with Crippen LogP contribution >= 0.6 is 0 Å². The number of aromatic amines is 1. The molecular weight excluding hydrogens is 214 g/mol. The molecular formula is C12H15N5.